The van der Waals surface area contributed by atoms with Crippen LogP contribution in [0, 0.1) is 0 Å². The van der Waals surface area contributed by atoms with E-state index in [2.05, 4.69) is 5.32 Å². The quantitative estimate of drug-likeness (QED) is 0.714. The summed E-state index contributed by atoms with van der Waals surface area (Å²) in [5.41, 5.74) is 3.06. The number of ether oxygens (including phenoxy) is 3. The molecule has 0 spiro atoms. The SMILES string of the molecule is CCOc1ccc(C2CC(=O)C3=C(C2)NC(=O)CC3c2ccc(O)c(OC)c2)cc1OC. The zero-order chi connectivity index (χ0) is 22.8. The Bertz CT molecular complexity index is 1090. The third-order valence-corrected chi connectivity index (χ3v) is 6.10. The normalized spacial score (nSPS) is 20.5. The summed E-state index contributed by atoms with van der Waals surface area (Å²) >= 11 is 0. The molecule has 1 heterocycles. The highest BCUT2D eigenvalue weighted by molar-refractivity contribution is 6.02. The third kappa shape index (κ3) is 4.02. The van der Waals surface area contributed by atoms with Gasteiger partial charge in [0, 0.05) is 30.0 Å². The van der Waals surface area contributed by atoms with Gasteiger partial charge in [-0.25, -0.2) is 0 Å². The highest BCUT2D eigenvalue weighted by Crippen LogP contribution is 2.44. The van der Waals surface area contributed by atoms with Crippen LogP contribution in [0.4, 0.5) is 0 Å². The van der Waals surface area contributed by atoms with E-state index in [1.807, 2.05) is 25.1 Å². The lowest BCUT2D eigenvalue weighted by Gasteiger charge is -2.34. The molecule has 2 atom stereocenters. The molecule has 7 heteroatoms. The summed E-state index contributed by atoms with van der Waals surface area (Å²) in [5.74, 6) is 1.07. The first-order valence-corrected chi connectivity index (χ1v) is 10.7. The van der Waals surface area contributed by atoms with E-state index in [-0.39, 0.29) is 35.7 Å². The minimum absolute atomic E-state index is 0.0149. The Morgan fingerprint density at radius 2 is 1.66 bits per heavy atom. The van der Waals surface area contributed by atoms with E-state index in [0.717, 1.165) is 11.1 Å². The van der Waals surface area contributed by atoms with Crippen LogP contribution in [0.25, 0.3) is 0 Å². The number of amides is 1. The summed E-state index contributed by atoms with van der Waals surface area (Å²) in [7, 11) is 3.06. The summed E-state index contributed by atoms with van der Waals surface area (Å²) < 4.78 is 16.3. The van der Waals surface area contributed by atoms with Crippen LogP contribution in [-0.4, -0.2) is 37.6 Å². The standard InChI is InChI=1S/C25H27NO6/c1-4-32-21-8-6-14(11-23(21)31-3)16-9-18-25(20(28)10-16)17(13-24(29)26-18)15-5-7-19(27)22(12-15)30-2/h5-8,11-12,16-17,27H,4,9-10,13H2,1-3H3,(H,26,29). The van der Waals surface area contributed by atoms with Crippen molar-refractivity contribution < 1.29 is 28.9 Å². The number of carbonyl (C=O) groups is 2. The van der Waals surface area contributed by atoms with Crippen LogP contribution in [0.5, 0.6) is 23.0 Å². The second-order valence-corrected chi connectivity index (χ2v) is 8.00. The number of Topliss-reactive ketones (excluding diaryl/α,β-unsaturated/α-hetero) is 1. The van der Waals surface area contributed by atoms with Crippen molar-refractivity contribution in [1.29, 1.82) is 0 Å². The number of methoxy groups -OCH3 is 2. The fraction of sp³-hybridized carbons (Fsp3) is 0.360. The molecule has 7 nitrogen and oxygen atoms in total. The second-order valence-electron chi connectivity index (χ2n) is 8.00. The predicted molar refractivity (Wildman–Crippen MR) is 118 cm³/mol. The number of hydrogen-bond donors (Lipinski definition) is 2. The Balaban J connectivity index is 1.68. The molecule has 2 aromatic rings. The van der Waals surface area contributed by atoms with Crippen LogP contribution in [0.1, 0.15) is 49.1 Å². The Kier molecular flexibility index (Phi) is 6.08. The number of ketones is 1. The van der Waals surface area contributed by atoms with Crippen molar-refractivity contribution >= 4 is 11.7 Å². The average molecular weight is 437 g/mol. The minimum atomic E-state index is -0.364. The van der Waals surface area contributed by atoms with Gasteiger partial charge in [-0.2, -0.15) is 0 Å². The molecule has 2 unspecified atom stereocenters. The lowest BCUT2D eigenvalue weighted by molar-refractivity contribution is -0.122. The van der Waals surface area contributed by atoms with Crippen molar-refractivity contribution in [3.8, 4) is 23.0 Å². The molecule has 0 aromatic heterocycles. The molecule has 32 heavy (non-hydrogen) atoms. The number of allylic oxidation sites excluding steroid dienone is 2. The highest BCUT2D eigenvalue weighted by Gasteiger charge is 2.38. The Hall–Kier alpha value is -3.48. The molecule has 2 aliphatic rings. The number of rotatable bonds is 6. The highest BCUT2D eigenvalue weighted by atomic mass is 16.5. The molecule has 2 aromatic carbocycles. The number of benzene rings is 2. The van der Waals surface area contributed by atoms with E-state index >= 15 is 0 Å². The van der Waals surface area contributed by atoms with Gasteiger partial charge in [-0.1, -0.05) is 12.1 Å². The minimum Gasteiger partial charge on any atom is -0.504 e. The summed E-state index contributed by atoms with van der Waals surface area (Å²) in [6.45, 7) is 2.44. The van der Waals surface area contributed by atoms with Gasteiger partial charge < -0.3 is 24.6 Å². The maximum absolute atomic E-state index is 13.3. The van der Waals surface area contributed by atoms with E-state index in [1.54, 1.807) is 19.2 Å². The van der Waals surface area contributed by atoms with Crippen molar-refractivity contribution in [2.75, 3.05) is 20.8 Å². The summed E-state index contributed by atoms with van der Waals surface area (Å²) in [4.78, 5) is 25.8. The van der Waals surface area contributed by atoms with Crippen molar-refractivity contribution in [3.05, 3.63) is 58.8 Å². The van der Waals surface area contributed by atoms with Crippen molar-refractivity contribution in [3.63, 3.8) is 0 Å². The van der Waals surface area contributed by atoms with E-state index < -0.39 is 0 Å². The summed E-state index contributed by atoms with van der Waals surface area (Å²) in [6.07, 6.45) is 1.08. The fourth-order valence-electron chi connectivity index (χ4n) is 4.60. The molecule has 0 saturated carbocycles. The predicted octanol–water partition coefficient (Wildman–Crippen LogP) is 3.81. The molecule has 0 bridgehead atoms. The van der Waals surface area contributed by atoms with Gasteiger partial charge in [0.1, 0.15) is 0 Å². The van der Waals surface area contributed by atoms with Crippen LogP contribution in [0.3, 0.4) is 0 Å². The average Bonchev–Trinajstić information content (AvgIpc) is 2.79. The largest absolute Gasteiger partial charge is 0.504 e. The van der Waals surface area contributed by atoms with E-state index in [9.17, 15) is 14.7 Å². The molecule has 2 N–H and O–H groups in total. The van der Waals surface area contributed by atoms with E-state index in [1.165, 1.54) is 13.2 Å². The Morgan fingerprint density at radius 1 is 0.938 bits per heavy atom. The lowest BCUT2D eigenvalue weighted by atomic mass is 9.73. The smallest absolute Gasteiger partial charge is 0.225 e. The molecule has 1 aliphatic heterocycles. The van der Waals surface area contributed by atoms with E-state index in [0.29, 0.717) is 48.0 Å². The molecule has 1 amide bonds. The van der Waals surface area contributed by atoms with Gasteiger partial charge in [0.05, 0.1) is 20.8 Å². The van der Waals surface area contributed by atoms with Gasteiger partial charge >= 0.3 is 0 Å². The van der Waals surface area contributed by atoms with Gasteiger partial charge in [0.15, 0.2) is 28.8 Å². The van der Waals surface area contributed by atoms with Crippen LogP contribution in [-0.2, 0) is 9.59 Å². The molecule has 168 valence electrons. The topological polar surface area (TPSA) is 94.1 Å². The van der Waals surface area contributed by atoms with E-state index in [4.69, 9.17) is 14.2 Å². The number of phenolic OH excluding ortho intramolecular Hbond substituents is 1. The molecule has 0 radical (unpaired) electrons. The van der Waals surface area contributed by atoms with Gasteiger partial charge in [-0.3, -0.25) is 9.59 Å². The lowest BCUT2D eigenvalue weighted by Crippen LogP contribution is -2.38. The summed E-state index contributed by atoms with van der Waals surface area (Å²) in [6, 6.07) is 10.7. The van der Waals surface area contributed by atoms with Crippen LogP contribution < -0.4 is 19.5 Å². The first-order chi connectivity index (χ1) is 15.4. The Labute approximate surface area is 187 Å². The fourth-order valence-corrected chi connectivity index (χ4v) is 4.60. The number of hydrogen-bond acceptors (Lipinski definition) is 6. The zero-order valence-electron chi connectivity index (χ0n) is 18.4. The first-order valence-electron chi connectivity index (χ1n) is 10.7. The molecule has 1 aliphatic carbocycles. The summed E-state index contributed by atoms with van der Waals surface area (Å²) in [5, 5.41) is 12.9. The van der Waals surface area contributed by atoms with Gasteiger partial charge in [0.25, 0.3) is 0 Å². The van der Waals surface area contributed by atoms with Crippen LogP contribution in [0.2, 0.25) is 0 Å². The van der Waals surface area contributed by atoms with Gasteiger partial charge in [0.2, 0.25) is 5.91 Å². The van der Waals surface area contributed by atoms with Gasteiger partial charge in [-0.05, 0) is 54.7 Å². The maximum Gasteiger partial charge on any atom is 0.225 e. The maximum atomic E-state index is 13.3. The zero-order valence-corrected chi connectivity index (χ0v) is 18.4. The second kappa shape index (κ2) is 8.94. The number of aromatic hydroxyl groups is 1. The first kappa shape index (κ1) is 21.7. The number of carbonyl (C=O) groups excluding carboxylic acids is 2. The monoisotopic (exact) mass is 437 g/mol. The van der Waals surface area contributed by atoms with Crippen molar-refractivity contribution in [2.45, 2.75) is 38.0 Å². The van der Waals surface area contributed by atoms with Crippen LogP contribution >= 0.6 is 0 Å². The molecular weight excluding hydrogens is 410 g/mol. The molecule has 0 saturated heterocycles. The van der Waals surface area contributed by atoms with Crippen LogP contribution in [0.15, 0.2) is 47.7 Å². The van der Waals surface area contributed by atoms with Crippen molar-refractivity contribution in [1.82, 2.24) is 5.32 Å². The third-order valence-electron chi connectivity index (χ3n) is 6.10. The molecule has 0 fully saturated rings. The van der Waals surface area contributed by atoms with Gasteiger partial charge in [-0.15, -0.1) is 0 Å². The Morgan fingerprint density at radius 3 is 2.38 bits per heavy atom. The van der Waals surface area contributed by atoms with Crippen molar-refractivity contribution in [2.24, 2.45) is 0 Å². The number of nitrogens with one attached hydrogen (secondary N) is 1. The molecular formula is C25H27NO6. The number of phenols is 1. The molecule has 4 rings (SSSR count).